The third kappa shape index (κ3) is 8.66. The number of carbonyl (C=O) groups excluding carboxylic acids is 1. The molecule has 2 rings (SSSR count). The molecule has 1 saturated heterocycles. The average molecular weight is 541 g/mol. The second kappa shape index (κ2) is 12.3. The molecule has 0 aliphatic carbocycles. The van der Waals surface area contributed by atoms with Crippen LogP contribution in [0.15, 0.2) is 29.3 Å². The number of benzene rings is 1. The fourth-order valence-electron chi connectivity index (χ4n) is 3.11. The Morgan fingerprint density at radius 3 is 2.40 bits per heavy atom. The molecule has 30 heavy (non-hydrogen) atoms. The van der Waals surface area contributed by atoms with Gasteiger partial charge in [0.25, 0.3) is 0 Å². The highest BCUT2D eigenvalue weighted by Crippen LogP contribution is 2.29. The highest BCUT2D eigenvalue weighted by Gasteiger charge is 2.30. The number of alkyl halides is 3. The zero-order valence-corrected chi connectivity index (χ0v) is 19.9. The minimum Gasteiger partial charge on any atom is -0.355 e. The summed E-state index contributed by atoms with van der Waals surface area (Å²) in [6, 6.07) is 5.54. The first kappa shape index (κ1) is 26.5. The van der Waals surface area contributed by atoms with E-state index in [1.54, 1.807) is 7.05 Å². The Labute approximate surface area is 193 Å². The summed E-state index contributed by atoms with van der Waals surface area (Å²) in [5.74, 6) is 0.649. The number of hydrogen-bond acceptors (Lipinski definition) is 3. The molecule has 1 aliphatic rings. The number of aliphatic imine (C=N–C) groups is 1. The Morgan fingerprint density at radius 1 is 1.20 bits per heavy atom. The molecular weight excluding hydrogens is 510 g/mol. The Morgan fingerprint density at radius 2 is 1.83 bits per heavy atom. The van der Waals surface area contributed by atoms with Gasteiger partial charge in [-0.2, -0.15) is 13.2 Å². The maximum Gasteiger partial charge on any atom is 0.416 e. The summed E-state index contributed by atoms with van der Waals surface area (Å²) in [6.07, 6.45) is -3.38. The van der Waals surface area contributed by atoms with Crippen molar-refractivity contribution in [1.82, 2.24) is 20.9 Å². The molecule has 0 bridgehead atoms. The van der Waals surface area contributed by atoms with Crippen LogP contribution in [0.2, 0.25) is 0 Å². The second-order valence-electron chi connectivity index (χ2n) is 7.50. The van der Waals surface area contributed by atoms with Crippen LogP contribution in [0, 0.1) is 5.92 Å². The van der Waals surface area contributed by atoms with E-state index in [1.165, 1.54) is 12.1 Å². The highest BCUT2D eigenvalue weighted by molar-refractivity contribution is 14.0. The van der Waals surface area contributed by atoms with Gasteiger partial charge >= 0.3 is 6.18 Å². The Hall–Kier alpha value is -1.56. The van der Waals surface area contributed by atoms with E-state index in [-0.39, 0.29) is 41.8 Å². The van der Waals surface area contributed by atoms with E-state index in [2.05, 4.69) is 25.8 Å². The normalized spacial score (nSPS) is 17.6. The van der Waals surface area contributed by atoms with Crippen molar-refractivity contribution in [2.45, 2.75) is 39.0 Å². The largest absolute Gasteiger partial charge is 0.416 e. The number of rotatable bonds is 7. The molecule has 3 N–H and O–H groups in total. The van der Waals surface area contributed by atoms with Gasteiger partial charge in [0.05, 0.1) is 5.56 Å². The van der Waals surface area contributed by atoms with Crippen molar-refractivity contribution < 1.29 is 18.0 Å². The minimum atomic E-state index is -4.30. The first-order valence-electron chi connectivity index (χ1n) is 9.82. The van der Waals surface area contributed by atoms with Crippen molar-refractivity contribution >= 4 is 35.8 Å². The summed E-state index contributed by atoms with van der Waals surface area (Å²) >= 11 is 0. The molecule has 0 spiro atoms. The van der Waals surface area contributed by atoms with Crippen LogP contribution in [0.5, 0.6) is 0 Å². The number of carbonyl (C=O) groups is 1. The SMILES string of the molecule is CN=C(NCCNC(=O)C(C)C)NC1CCN(Cc2ccc(C(F)(F)F)cc2)C1.I. The number of likely N-dealkylation sites (tertiary alicyclic amines) is 1. The maximum absolute atomic E-state index is 12.7. The fourth-order valence-corrected chi connectivity index (χ4v) is 3.11. The van der Waals surface area contributed by atoms with Gasteiger partial charge in [0.15, 0.2) is 5.96 Å². The van der Waals surface area contributed by atoms with Crippen molar-refractivity contribution in [3.8, 4) is 0 Å². The lowest BCUT2D eigenvalue weighted by molar-refractivity contribution is -0.137. The Bertz CT molecular complexity index is 695. The lowest BCUT2D eigenvalue weighted by Gasteiger charge is -2.19. The molecule has 0 radical (unpaired) electrons. The minimum absolute atomic E-state index is 0. The van der Waals surface area contributed by atoms with Crippen molar-refractivity contribution in [3.63, 3.8) is 0 Å². The first-order chi connectivity index (χ1) is 13.7. The van der Waals surface area contributed by atoms with E-state index in [9.17, 15) is 18.0 Å². The predicted molar refractivity (Wildman–Crippen MR) is 123 cm³/mol. The van der Waals surface area contributed by atoms with Crippen LogP contribution in [-0.4, -0.2) is 56.0 Å². The van der Waals surface area contributed by atoms with Crippen LogP contribution in [-0.2, 0) is 17.5 Å². The summed E-state index contributed by atoms with van der Waals surface area (Å²) in [6.45, 7) is 7.04. The summed E-state index contributed by atoms with van der Waals surface area (Å²) in [5, 5.41) is 9.37. The number of guanidine groups is 1. The van der Waals surface area contributed by atoms with E-state index in [0.717, 1.165) is 37.2 Å². The van der Waals surface area contributed by atoms with Gasteiger partial charge in [0.1, 0.15) is 0 Å². The van der Waals surface area contributed by atoms with Gasteiger partial charge in [-0.25, -0.2) is 0 Å². The van der Waals surface area contributed by atoms with Gasteiger partial charge < -0.3 is 16.0 Å². The standard InChI is InChI=1S/C20H30F3N5O.HI/c1-14(2)18(29)25-9-10-26-19(24-3)27-17-8-11-28(13-17)12-15-4-6-16(7-5-15)20(21,22)23;/h4-7,14,17H,8-13H2,1-3H3,(H,25,29)(H2,24,26,27);1H. The average Bonchev–Trinajstić information content (AvgIpc) is 3.10. The zero-order valence-electron chi connectivity index (χ0n) is 17.6. The van der Waals surface area contributed by atoms with Crippen LogP contribution >= 0.6 is 24.0 Å². The van der Waals surface area contributed by atoms with Gasteiger partial charge in [-0.1, -0.05) is 26.0 Å². The molecule has 0 saturated carbocycles. The van der Waals surface area contributed by atoms with E-state index in [4.69, 9.17) is 0 Å². The highest BCUT2D eigenvalue weighted by atomic mass is 127. The van der Waals surface area contributed by atoms with Crippen LogP contribution in [0.3, 0.4) is 0 Å². The molecule has 170 valence electrons. The number of halogens is 4. The van der Waals surface area contributed by atoms with Crippen LogP contribution in [0.1, 0.15) is 31.4 Å². The summed E-state index contributed by atoms with van der Waals surface area (Å²) in [7, 11) is 1.69. The third-order valence-corrected chi connectivity index (χ3v) is 4.77. The Balaban J connectivity index is 0.00000450. The molecule has 1 unspecified atom stereocenters. The zero-order chi connectivity index (χ0) is 21.4. The molecule has 1 aliphatic heterocycles. The molecule has 1 aromatic rings. The fraction of sp³-hybridized carbons (Fsp3) is 0.600. The lowest BCUT2D eigenvalue weighted by atomic mass is 10.1. The molecule has 6 nitrogen and oxygen atoms in total. The molecule has 1 fully saturated rings. The maximum atomic E-state index is 12.7. The van der Waals surface area contributed by atoms with Crippen LogP contribution in [0.25, 0.3) is 0 Å². The number of amides is 1. The monoisotopic (exact) mass is 541 g/mol. The third-order valence-electron chi connectivity index (χ3n) is 4.77. The van der Waals surface area contributed by atoms with Gasteiger partial charge in [0.2, 0.25) is 5.91 Å². The van der Waals surface area contributed by atoms with Crippen molar-refractivity contribution in [2.75, 3.05) is 33.2 Å². The van der Waals surface area contributed by atoms with E-state index < -0.39 is 11.7 Å². The van der Waals surface area contributed by atoms with Gasteiger partial charge in [-0.15, -0.1) is 24.0 Å². The van der Waals surface area contributed by atoms with Crippen molar-refractivity contribution in [1.29, 1.82) is 0 Å². The quantitative estimate of drug-likeness (QED) is 0.215. The van der Waals surface area contributed by atoms with E-state index >= 15 is 0 Å². The van der Waals surface area contributed by atoms with Gasteiger partial charge in [0, 0.05) is 51.7 Å². The molecule has 10 heteroatoms. The number of nitrogens with zero attached hydrogens (tertiary/aromatic N) is 2. The molecule has 0 aromatic heterocycles. The Kier molecular flexibility index (Phi) is 10.9. The van der Waals surface area contributed by atoms with E-state index in [0.29, 0.717) is 25.6 Å². The summed E-state index contributed by atoms with van der Waals surface area (Å²) in [5.41, 5.74) is 0.240. The van der Waals surface area contributed by atoms with Crippen molar-refractivity contribution in [3.05, 3.63) is 35.4 Å². The predicted octanol–water partition coefficient (Wildman–Crippen LogP) is 2.83. The van der Waals surface area contributed by atoms with Gasteiger partial charge in [-0.05, 0) is 24.1 Å². The van der Waals surface area contributed by atoms with Crippen LogP contribution in [0.4, 0.5) is 13.2 Å². The smallest absolute Gasteiger partial charge is 0.355 e. The second-order valence-corrected chi connectivity index (χ2v) is 7.50. The number of hydrogen-bond donors (Lipinski definition) is 3. The van der Waals surface area contributed by atoms with E-state index in [1.807, 2.05) is 13.8 Å². The molecule has 1 heterocycles. The first-order valence-corrected chi connectivity index (χ1v) is 9.82. The molecule has 1 aromatic carbocycles. The molecule has 1 atom stereocenters. The number of nitrogens with one attached hydrogen (secondary N) is 3. The summed E-state index contributed by atoms with van der Waals surface area (Å²) < 4.78 is 38.0. The van der Waals surface area contributed by atoms with Crippen molar-refractivity contribution in [2.24, 2.45) is 10.9 Å². The lowest BCUT2D eigenvalue weighted by Crippen LogP contribution is -2.46. The molecular formula is C20H31F3IN5O. The molecule has 1 amide bonds. The summed E-state index contributed by atoms with van der Waals surface area (Å²) in [4.78, 5) is 17.9. The topological polar surface area (TPSA) is 68.8 Å². The van der Waals surface area contributed by atoms with Crippen LogP contribution < -0.4 is 16.0 Å². The van der Waals surface area contributed by atoms with Gasteiger partial charge in [-0.3, -0.25) is 14.7 Å².